The van der Waals surface area contributed by atoms with Crippen molar-refractivity contribution < 1.29 is 4.79 Å². The Morgan fingerprint density at radius 2 is 1.66 bits per heavy atom. The van der Waals surface area contributed by atoms with E-state index in [2.05, 4.69) is 52.0 Å². The van der Waals surface area contributed by atoms with Crippen LogP contribution in [0.25, 0.3) is 0 Å². The first-order valence-electron chi connectivity index (χ1n) is 12.0. The zero-order chi connectivity index (χ0) is 20.1. The Hall–Kier alpha value is -1.39. The molecule has 160 valence electrons. The van der Waals surface area contributed by atoms with Gasteiger partial charge in [0.1, 0.15) is 0 Å². The summed E-state index contributed by atoms with van der Waals surface area (Å²) in [5.41, 5.74) is 1.44. The summed E-state index contributed by atoms with van der Waals surface area (Å²) in [4.78, 5) is 20.5. The smallest absolute Gasteiger partial charge is 0.226 e. The van der Waals surface area contributed by atoms with Gasteiger partial charge in [-0.05, 0) is 76.1 Å². The maximum Gasteiger partial charge on any atom is 0.226 e. The minimum atomic E-state index is 0.244. The van der Waals surface area contributed by atoms with Gasteiger partial charge < -0.3 is 9.80 Å². The summed E-state index contributed by atoms with van der Waals surface area (Å²) >= 11 is 0. The van der Waals surface area contributed by atoms with Crippen LogP contribution in [0.3, 0.4) is 0 Å². The quantitative estimate of drug-likeness (QED) is 0.759. The number of nitrogens with zero attached hydrogens (tertiary/aromatic N) is 3. The molecule has 3 saturated heterocycles. The predicted molar refractivity (Wildman–Crippen MR) is 119 cm³/mol. The lowest BCUT2D eigenvalue weighted by Gasteiger charge is -2.43. The molecule has 3 aliphatic rings. The molecule has 1 amide bonds. The van der Waals surface area contributed by atoms with Gasteiger partial charge in [-0.2, -0.15) is 0 Å². The highest BCUT2D eigenvalue weighted by molar-refractivity contribution is 5.79. The number of piperidine rings is 3. The van der Waals surface area contributed by atoms with Gasteiger partial charge in [-0.3, -0.25) is 9.69 Å². The second-order valence-electron chi connectivity index (χ2n) is 9.65. The minimum absolute atomic E-state index is 0.244. The molecule has 1 aromatic rings. The second-order valence-corrected chi connectivity index (χ2v) is 9.65. The number of likely N-dealkylation sites (tertiary alicyclic amines) is 3. The van der Waals surface area contributed by atoms with Gasteiger partial charge in [-0.25, -0.2) is 0 Å². The Kier molecular flexibility index (Phi) is 7.25. The van der Waals surface area contributed by atoms with Gasteiger partial charge in [0, 0.05) is 32.2 Å². The molecule has 0 N–H and O–H groups in total. The molecule has 1 aromatic carbocycles. The molecule has 3 fully saturated rings. The molecule has 1 unspecified atom stereocenters. The fourth-order valence-electron chi connectivity index (χ4n) is 5.47. The van der Waals surface area contributed by atoms with Crippen LogP contribution in [-0.4, -0.2) is 72.5 Å². The molecule has 29 heavy (non-hydrogen) atoms. The van der Waals surface area contributed by atoms with Gasteiger partial charge in [-0.1, -0.05) is 37.3 Å². The molecular weight excluding hydrogens is 358 g/mol. The number of carbonyl (C=O) groups excluding carboxylic acids is 1. The molecule has 0 spiro atoms. The van der Waals surface area contributed by atoms with E-state index in [0.717, 1.165) is 38.4 Å². The number of hydrogen-bond acceptors (Lipinski definition) is 3. The predicted octanol–water partition coefficient (Wildman–Crippen LogP) is 3.66. The van der Waals surface area contributed by atoms with E-state index in [-0.39, 0.29) is 5.92 Å². The summed E-state index contributed by atoms with van der Waals surface area (Å²) < 4.78 is 0. The molecule has 4 rings (SSSR count). The molecule has 4 nitrogen and oxygen atoms in total. The van der Waals surface area contributed by atoms with Crippen molar-refractivity contribution in [2.45, 2.75) is 57.9 Å². The molecule has 1 atom stereocenters. The van der Waals surface area contributed by atoms with Gasteiger partial charge in [0.05, 0.1) is 5.92 Å². The van der Waals surface area contributed by atoms with Crippen LogP contribution >= 0.6 is 0 Å². The molecule has 0 aliphatic carbocycles. The zero-order valence-corrected chi connectivity index (χ0v) is 18.3. The topological polar surface area (TPSA) is 26.8 Å². The zero-order valence-electron chi connectivity index (χ0n) is 18.3. The third-order valence-electron chi connectivity index (χ3n) is 7.53. The first-order chi connectivity index (χ1) is 14.2. The average Bonchev–Trinajstić information content (AvgIpc) is 2.79. The average molecular weight is 398 g/mol. The Labute approximate surface area is 177 Å². The van der Waals surface area contributed by atoms with Gasteiger partial charge >= 0.3 is 0 Å². The van der Waals surface area contributed by atoms with E-state index in [1.54, 1.807) is 0 Å². The van der Waals surface area contributed by atoms with Gasteiger partial charge in [0.15, 0.2) is 0 Å². The molecule has 0 radical (unpaired) electrons. The summed E-state index contributed by atoms with van der Waals surface area (Å²) in [6.45, 7) is 10.1. The van der Waals surface area contributed by atoms with Crippen LogP contribution in [0, 0.1) is 11.8 Å². The van der Waals surface area contributed by atoms with Crippen molar-refractivity contribution in [2.24, 2.45) is 11.8 Å². The maximum absolute atomic E-state index is 13.1. The highest BCUT2D eigenvalue weighted by atomic mass is 16.2. The number of amides is 1. The van der Waals surface area contributed by atoms with Crippen LogP contribution in [-0.2, 0) is 11.2 Å². The number of hydrogen-bond donors (Lipinski definition) is 0. The van der Waals surface area contributed by atoms with Crippen LogP contribution in [0.2, 0.25) is 0 Å². The molecular formula is C25H39N3O. The summed E-state index contributed by atoms with van der Waals surface area (Å²) in [7, 11) is 0. The number of carbonyl (C=O) groups is 1. The molecule has 4 heteroatoms. The van der Waals surface area contributed by atoms with Gasteiger partial charge in [0.2, 0.25) is 5.91 Å². The number of benzene rings is 1. The maximum atomic E-state index is 13.1. The SMILES string of the molecule is CC1CCN(C(=O)C2CCCN(C3CCN(CCc4ccccc4)CC3)C2)CC1. The molecule has 0 saturated carbocycles. The third-order valence-corrected chi connectivity index (χ3v) is 7.53. The van der Waals surface area contributed by atoms with Crippen LogP contribution in [0.4, 0.5) is 0 Å². The van der Waals surface area contributed by atoms with Crippen molar-refractivity contribution >= 4 is 5.91 Å². The summed E-state index contributed by atoms with van der Waals surface area (Å²) in [5.74, 6) is 1.48. The van der Waals surface area contributed by atoms with Crippen molar-refractivity contribution in [3.63, 3.8) is 0 Å². The normalized spacial score (nSPS) is 26.0. The van der Waals surface area contributed by atoms with Crippen LogP contribution < -0.4 is 0 Å². The third kappa shape index (κ3) is 5.61. The largest absolute Gasteiger partial charge is 0.342 e. The highest BCUT2D eigenvalue weighted by Crippen LogP contribution is 2.27. The minimum Gasteiger partial charge on any atom is -0.342 e. The Bertz CT molecular complexity index is 633. The van der Waals surface area contributed by atoms with Gasteiger partial charge in [0.25, 0.3) is 0 Å². The van der Waals surface area contributed by atoms with Crippen molar-refractivity contribution in [1.82, 2.24) is 14.7 Å². The van der Waals surface area contributed by atoms with E-state index >= 15 is 0 Å². The van der Waals surface area contributed by atoms with Crippen molar-refractivity contribution in [3.8, 4) is 0 Å². The molecule has 0 bridgehead atoms. The van der Waals surface area contributed by atoms with Gasteiger partial charge in [-0.15, -0.1) is 0 Å². The van der Waals surface area contributed by atoms with E-state index in [1.165, 1.54) is 63.8 Å². The van der Waals surface area contributed by atoms with Crippen LogP contribution in [0.1, 0.15) is 51.0 Å². The highest BCUT2D eigenvalue weighted by Gasteiger charge is 2.34. The lowest BCUT2D eigenvalue weighted by molar-refractivity contribution is -0.139. The Morgan fingerprint density at radius 3 is 2.38 bits per heavy atom. The fourth-order valence-corrected chi connectivity index (χ4v) is 5.47. The van der Waals surface area contributed by atoms with E-state index in [4.69, 9.17) is 0 Å². The first kappa shape index (κ1) is 20.9. The molecule has 3 aliphatic heterocycles. The Morgan fingerprint density at radius 1 is 0.931 bits per heavy atom. The summed E-state index contributed by atoms with van der Waals surface area (Å²) in [6.07, 6.45) is 8.33. The van der Waals surface area contributed by atoms with Crippen LogP contribution in [0.15, 0.2) is 30.3 Å². The first-order valence-corrected chi connectivity index (χ1v) is 12.0. The standard InChI is InChI=1S/C25H39N3O/c1-21-9-18-27(19-10-21)25(29)23-8-5-14-28(20-23)24-12-16-26(17-13-24)15-11-22-6-3-2-4-7-22/h2-4,6-7,21,23-24H,5,8-20H2,1H3. The second kappa shape index (κ2) is 10.1. The van der Waals surface area contributed by atoms with Crippen LogP contribution in [0.5, 0.6) is 0 Å². The van der Waals surface area contributed by atoms with Crippen molar-refractivity contribution in [3.05, 3.63) is 35.9 Å². The van der Waals surface area contributed by atoms with Crippen molar-refractivity contribution in [2.75, 3.05) is 45.8 Å². The monoisotopic (exact) mass is 397 g/mol. The lowest BCUT2D eigenvalue weighted by Crippen LogP contribution is -2.52. The number of rotatable bonds is 5. The van der Waals surface area contributed by atoms with E-state index < -0.39 is 0 Å². The van der Waals surface area contributed by atoms with Crippen molar-refractivity contribution in [1.29, 1.82) is 0 Å². The van der Waals surface area contributed by atoms with E-state index in [9.17, 15) is 4.79 Å². The van der Waals surface area contributed by atoms with E-state index in [0.29, 0.717) is 11.9 Å². The summed E-state index contributed by atoms with van der Waals surface area (Å²) in [6, 6.07) is 11.5. The Balaban J connectivity index is 1.22. The molecule has 3 heterocycles. The molecule has 0 aromatic heterocycles. The van der Waals surface area contributed by atoms with E-state index in [1.807, 2.05) is 0 Å². The summed E-state index contributed by atoms with van der Waals surface area (Å²) in [5, 5.41) is 0. The lowest BCUT2D eigenvalue weighted by atomic mass is 9.91. The fraction of sp³-hybridized carbons (Fsp3) is 0.720.